The molecule has 1 aliphatic rings. The van der Waals surface area contributed by atoms with Crippen LogP contribution in [0.25, 0.3) is 90.2 Å². The summed E-state index contributed by atoms with van der Waals surface area (Å²) in [6, 6.07) is 59.5. The molecule has 0 spiro atoms. The first-order valence-electron chi connectivity index (χ1n) is 17.4. The van der Waals surface area contributed by atoms with Gasteiger partial charge >= 0.3 is 0 Å². The second-order valence-corrected chi connectivity index (χ2v) is 14.0. The van der Waals surface area contributed by atoms with Crippen molar-refractivity contribution >= 4 is 45.9 Å². The molecule has 7 aromatic carbocycles. The van der Waals surface area contributed by atoms with Crippen LogP contribution in [-0.2, 0) is 0 Å². The van der Waals surface area contributed by atoms with E-state index in [1.807, 2.05) is 24.3 Å². The number of benzene rings is 7. The van der Waals surface area contributed by atoms with Crippen molar-refractivity contribution in [3.05, 3.63) is 181 Å². The first kappa shape index (κ1) is 30.3. The normalized spacial score (nSPS) is 12.1. The molecule has 10 rings (SSSR count). The lowest BCUT2D eigenvalue weighted by Crippen LogP contribution is -1.97. The highest BCUT2D eigenvalue weighted by molar-refractivity contribution is 7.99. The fourth-order valence-corrected chi connectivity index (χ4v) is 8.30. The van der Waals surface area contributed by atoms with E-state index in [2.05, 4.69) is 158 Å². The van der Waals surface area contributed by atoms with Crippen LogP contribution >= 0.6 is 11.8 Å². The molecule has 0 saturated carbocycles. The van der Waals surface area contributed by atoms with Gasteiger partial charge in [0.2, 0.25) is 0 Å². The third-order valence-corrected chi connectivity index (χ3v) is 10.9. The Morgan fingerprint density at radius 3 is 1.79 bits per heavy atom. The van der Waals surface area contributed by atoms with E-state index in [1.165, 1.54) is 21.6 Å². The average molecular weight is 683 g/mol. The molecule has 0 radical (unpaired) electrons. The second kappa shape index (κ2) is 12.7. The lowest BCUT2D eigenvalue weighted by Gasteiger charge is -2.16. The van der Waals surface area contributed by atoms with Gasteiger partial charge in [-0.3, -0.25) is 0 Å². The third kappa shape index (κ3) is 5.41. The summed E-state index contributed by atoms with van der Waals surface area (Å²) in [6.45, 7) is 0. The topological polar surface area (TPSA) is 38.9 Å². The van der Waals surface area contributed by atoms with Gasteiger partial charge in [-0.1, -0.05) is 157 Å². The van der Waals surface area contributed by atoms with Gasteiger partial charge in [0, 0.05) is 37.3 Å². The quantitative estimate of drug-likeness (QED) is 0.186. The van der Waals surface area contributed by atoms with Crippen molar-refractivity contribution in [2.24, 2.45) is 0 Å². The van der Waals surface area contributed by atoms with E-state index < -0.39 is 0 Å². The average Bonchev–Trinajstić information content (AvgIpc) is 3.57. The lowest BCUT2D eigenvalue weighted by atomic mass is 9.94. The summed E-state index contributed by atoms with van der Waals surface area (Å²) >= 11 is 1.80. The van der Waals surface area contributed by atoms with Crippen molar-refractivity contribution in [1.82, 2.24) is 9.97 Å². The highest BCUT2D eigenvalue weighted by atomic mass is 32.2. The predicted octanol–water partition coefficient (Wildman–Crippen LogP) is 13.3. The molecule has 1 aliphatic heterocycles. The molecule has 3 nitrogen and oxygen atoms in total. The Hall–Kier alpha value is -6.49. The highest BCUT2D eigenvalue weighted by Crippen LogP contribution is 2.46. The van der Waals surface area contributed by atoms with E-state index in [0.717, 1.165) is 71.6 Å². The van der Waals surface area contributed by atoms with E-state index in [1.54, 1.807) is 11.8 Å². The SMILES string of the molecule is C1=Cc2ccc(-c3nc(-c4ccccc4)cc(-c4ccccc4)n3)cc2-c2cc3oc4ccccc4c3cc2Sc2ccccc2-c2ccccc21. The van der Waals surface area contributed by atoms with E-state index in [0.29, 0.717) is 5.82 Å². The van der Waals surface area contributed by atoms with Gasteiger partial charge in [0.25, 0.3) is 0 Å². The largest absolute Gasteiger partial charge is 0.456 e. The molecule has 3 heterocycles. The molecule has 4 heteroatoms. The summed E-state index contributed by atoms with van der Waals surface area (Å²) in [5, 5.41) is 2.22. The molecule has 0 unspecified atom stereocenters. The lowest BCUT2D eigenvalue weighted by molar-refractivity contribution is 0.669. The number of hydrogen-bond acceptors (Lipinski definition) is 4. The molecule has 0 aliphatic carbocycles. The van der Waals surface area contributed by atoms with E-state index >= 15 is 0 Å². The molecule has 2 aromatic heterocycles. The van der Waals surface area contributed by atoms with E-state index in [9.17, 15) is 0 Å². The summed E-state index contributed by atoms with van der Waals surface area (Å²) in [6.07, 6.45) is 4.47. The fourth-order valence-electron chi connectivity index (χ4n) is 7.17. The molecular formula is C48H30N2OS. The molecule has 0 fully saturated rings. The minimum absolute atomic E-state index is 0.677. The maximum absolute atomic E-state index is 6.50. The van der Waals surface area contributed by atoms with Crippen LogP contribution in [0.5, 0.6) is 0 Å². The number of fused-ring (bicyclic) bond motifs is 9. The summed E-state index contributed by atoms with van der Waals surface area (Å²) in [4.78, 5) is 12.7. The van der Waals surface area contributed by atoms with Crippen LogP contribution in [0, 0.1) is 0 Å². The van der Waals surface area contributed by atoms with Crippen LogP contribution in [0.15, 0.2) is 184 Å². The molecule has 0 atom stereocenters. The Balaban J connectivity index is 1.24. The minimum atomic E-state index is 0.677. The Kier molecular flexibility index (Phi) is 7.40. The molecule has 9 aromatic rings. The van der Waals surface area contributed by atoms with Gasteiger partial charge in [0.05, 0.1) is 11.4 Å². The molecule has 0 N–H and O–H groups in total. The van der Waals surface area contributed by atoms with Crippen molar-refractivity contribution in [2.45, 2.75) is 9.79 Å². The van der Waals surface area contributed by atoms with E-state index in [4.69, 9.17) is 14.4 Å². The van der Waals surface area contributed by atoms with Gasteiger partial charge in [-0.25, -0.2) is 9.97 Å². The van der Waals surface area contributed by atoms with Crippen LogP contribution in [0.1, 0.15) is 11.1 Å². The van der Waals surface area contributed by atoms with Gasteiger partial charge < -0.3 is 4.42 Å². The molecule has 52 heavy (non-hydrogen) atoms. The third-order valence-electron chi connectivity index (χ3n) is 9.75. The predicted molar refractivity (Wildman–Crippen MR) is 216 cm³/mol. The van der Waals surface area contributed by atoms with Crippen LogP contribution in [0.2, 0.25) is 0 Å². The number of hydrogen-bond donors (Lipinski definition) is 0. The van der Waals surface area contributed by atoms with Crippen molar-refractivity contribution in [2.75, 3.05) is 0 Å². The highest BCUT2D eigenvalue weighted by Gasteiger charge is 2.20. The van der Waals surface area contributed by atoms with Gasteiger partial charge in [0.15, 0.2) is 5.82 Å². The van der Waals surface area contributed by atoms with Crippen LogP contribution in [-0.4, -0.2) is 9.97 Å². The molecule has 0 bridgehead atoms. The molecular weight excluding hydrogens is 653 g/mol. The van der Waals surface area contributed by atoms with Crippen molar-refractivity contribution in [1.29, 1.82) is 0 Å². The molecule has 244 valence electrons. The summed E-state index contributed by atoms with van der Waals surface area (Å²) in [5.41, 5.74) is 13.4. The first-order valence-corrected chi connectivity index (χ1v) is 18.2. The maximum Gasteiger partial charge on any atom is 0.160 e. The zero-order chi connectivity index (χ0) is 34.4. The Labute approximate surface area is 306 Å². The maximum atomic E-state index is 6.50. The minimum Gasteiger partial charge on any atom is -0.456 e. The Morgan fingerprint density at radius 1 is 0.385 bits per heavy atom. The van der Waals surface area contributed by atoms with Crippen molar-refractivity contribution in [3.63, 3.8) is 0 Å². The summed E-state index contributed by atoms with van der Waals surface area (Å²) in [7, 11) is 0. The smallest absolute Gasteiger partial charge is 0.160 e. The Morgan fingerprint density at radius 2 is 1.02 bits per heavy atom. The number of nitrogens with zero attached hydrogens (tertiary/aromatic N) is 2. The number of furan rings is 1. The Bertz CT molecular complexity index is 2760. The monoisotopic (exact) mass is 682 g/mol. The number of para-hydroxylation sites is 1. The van der Waals surface area contributed by atoms with Crippen LogP contribution in [0.3, 0.4) is 0 Å². The van der Waals surface area contributed by atoms with Crippen LogP contribution in [0.4, 0.5) is 0 Å². The van der Waals surface area contributed by atoms with Crippen molar-refractivity contribution in [3.8, 4) is 56.2 Å². The second-order valence-electron chi connectivity index (χ2n) is 13.0. The zero-order valence-electron chi connectivity index (χ0n) is 28.0. The molecule has 0 saturated heterocycles. The summed E-state index contributed by atoms with van der Waals surface area (Å²) in [5.74, 6) is 0.677. The summed E-state index contributed by atoms with van der Waals surface area (Å²) < 4.78 is 6.50. The van der Waals surface area contributed by atoms with Gasteiger partial charge in [-0.2, -0.15) is 0 Å². The standard InChI is InChI=1S/C48H30N2OS/c1-3-14-33(15-4-1)42-30-43(34-16-5-2-6-17-34)50-48(49-42)35-26-25-32-24-23-31-13-7-8-18-36(31)38-20-10-12-22-46(38)52-47-29-40-37-19-9-11-21-44(37)51-45(40)28-41(47)39(32)27-35/h1-30H. The van der Waals surface area contributed by atoms with E-state index in [-0.39, 0.29) is 0 Å². The van der Waals surface area contributed by atoms with Crippen LogP contribution < -0.4 is 0 Å². The zero-order valence-corrected chi connectivity index (χ0v) is 28.8. The number of aromatic nitrogens is 2. The first-order chi connectivity index (χ1) is 25.7. The van der Waals surface area contributed by atoms with Gasteiger partial charge in [-0.15, -0.1) is 0 Å². The number of rotatable bonds is 3. The fraction of sp³-hybridized carbons (Fsp3) is 0. The van der Waals surface area contributed by atoms with Gasteiger partial charge in [-0.05, 0) is 69.8 Å². The van der Waals surface area contributed by atoms with Crippen molar-refractivity contribution < 1.29 is 4.42 Å². The van der Waals surface area contributed by atoms with Gasteiger partial charge in [0.1, 0.15) is 11.2 Å². The molecule has 0 amide bonds.